The zero-order valence-electron chi connectivity index (χ0n) is 8.82. The van der Waals surface area contributed by atoms with E-state index < -0.39 is 11.8 Å². The fourth-order valence-corrected chi connectivity index (χ4v) is 1.91. The quantitative estimate of drug-likeness (QED) is 0.911. The lowest BCUT2D eigenvalue weighted by molar-refractivity contribution is 0.0691. The summed E-state index contributed by atoms with van der Waals surface area (Å²) in [6.07, 6.45) is 0.839. The molecular weight excluding hydrogens is 280 g/mol. The molecule has 6 heteroatoms. The van der Waals surface area contributed by atoms with Crippen molar-refractivity contribution in [1.29, 1.82) is 0 Å². The van der Waals surface area contributed by atoms with E-state index in [-0.39, 0.29) is 16.3 Å². The van der Waals surface area contributed by atoms with Crippen molar-refractivity contribution < 1.29 is 14.3 Å². The highest BCUT2D eigenvalue weighted by Crippen LogP contribution is 2.32. The molecule has 0 amide bonds. The SMILES string of the molecule is O=C(O)c1ncc(F)cc1-c1cc(Cl)ccc1Cl. The standard InChI is InChI=1S/C12H6Cl2FNO2/c13-6-1-2-10(14)8(3-6)9-4-7(15)5-16-11(9)12(17)18/h1-5H,(H,17,18). The van der Waals surface area contributed by atoms with E-state index in [9.17, 15) is 9.18 Å². The second-order valence-electron chi connectivity index (χ2n) is 3.48. The molecular formula is C12H6Cl2FNO2. The zero-order chi connectivity index (χ0) is 13.3. The molecule has 1 aromatic heterocycles. The van der Waals surface area contributed by atoms with Crippen molar-refractivity contribution in [2.75, 3.05) is 0 Å². The third kappa shape index (κ3) is 2.44. The van der Waals surface area contributed by atoms with Crippen molar-refractivity contribution in [2.45, 2.75) is 0 Å². The Balaban J connectivity index is 2.73. The van der Waals surface area contributed by atoms with Gasteiger partial charge in [-0.25, -0.2) is 14.2 Å². The first-order valence-corrected chi connectivity index (χ1v) is 5.59. The number of aromatic carboxylic acids is 1. The number of hydrogen-bond acceptors (Lipinski definition) is 2. The maximum Gasteiger partial charge on any atom is 0.355 e. The Bertz CT molecular complexity index is 631. The van der Waals surface area contributed by atoms with Gasteiger partial charge < -0.3 is 5.11 Å². The van der Waals surface area contributed by atoms with Crippen LogP contribution in [0.1, 0.15) is 10.5 Å². The van der Waals surface area contributed by atoms with Gasteiger partial charge in [-0.15, -0.1) is 0 Å². The van der Waals surface area contributed by atoms with Gasteiger partial charge >= 0.3 is 5.97 Å². The van der Waals surface area contributed by atoms with Gasteiger partial charge in [0.2, 0.25) is 0 Å². The number of aromatic nitrogens is 1. The normalized spacial score (nSPS) is 10.4. The minimum atomic E-state index is -1.26. The minimum Gasteiger partial charge on any atom is -0.476 e. The second kappa shape index (κ2) is 4.92. The summed E-state index contributed by atoms with van der Waals surface area (Å²) >= 11 is 11.8. The molecule has 0 fully saturated rings. The van der Waals surface area contributed by atoms with E-state index in [1.807, 2.05) is 0 Å². The molecule has 0 unspecified atom stereocenters. The highest BCUT2D eigenvalue weighted by Gasteiger charge is 2.17. The van der Waals surface area contributed by atoms with Crippen molar-refractivity contribution in [3.8, 4) is 11.1 Å². The summed E-state index contributed by atoms with van der Waals surface area (Å²) in [6, 6.07) is 5.59. The van der Waals surface area contributed by atoms with Gasteiger partial charge in [-0.3, -0.25) is 0 Å². The van der Waals surface area contributed by atoms with Crippen LogP contribution in [0.5, 0.6) is 0 Å². The van der Waals surface area contributed by atoms with E-state index >= 15 is 0 Å². The van der Waals surface area contributed by atoms with Gasteiger partial charge in [0.15, 0.2) is 5.69 Å². The topological polar surface area (TPSA) is 50.2 Å². The predicted octanol–water partition coefficient (Wildman–Crippen LogP) is 3.89. The molecule has 1 heterocycles. The van der Waals surface area contributed by atoms with E-state index in [4.69, 9.17) is 28.3 Å². The van der Waals surface area contributed by atoms with E-state index in [2.05, 4.69) is 4.98 Å². The minimum absolute atomic E-state index is 0.0926. The Hall–Kier alpha value is -1.65. The van der Waals surface area contributed by atoms with Gasteiger partial charge in [0.05, 0.1) is 6.20 Å². The van der Waals surface area contributed by atoms with Gasteiger partial charge in [-0.05, 0) is 24.3 Å². The van der Waals surface area contributed by atoms with E-state index in [1.165, 1.54) is 12.1 Å². The summed E-state index contributed by atoms with van der Waals surface area (Å²) in [5.41, 5.74) is 0.143. The van der Waals surface area contributed by atoms with Crippen molar-refractivity contribution in [1.82, 2.24) is 4.98 Å². The third-order valence-electron chi connectivity index (χ3n) is 2.28. The van der Waals surface area contributed by atoms with Crippen LogP contribution in [0.15, 0.2) is 30.5 Å². The third-order valence-corrected chi connectivity index (χ3v) is 2.84. The molecule has 0 saturated heterocycles. The van der Waals surface area contributed by atoms with E-state index in [0.29, 0.717) is 10.6 Å². The lowest BCUT2D eigenvalue weighted by Crippen LogP contribution is -2.04. The molecule has 2 aromatic rings. The predicted molar refractivity (Wildman–Crippen MR) is 66.6 cm³/mol. The summed E-state index contributed by atoms with van der Waals surface area (Å²) in [6.45, 7) is 0. The first-order chi connectivity index (χ1) is 8.49. The summed E-state index contributed by atoms with van der Waals surface area (Å²) < 4.78 is 13.2. The maximum absolute atomic E-state index is 13.2. The Morgan fingerprint density at radius 3 is 2.61 bits per heavy atom. The van der Waals surface area contributed by atoms with Crippen molar-refractivity contribution >= 4 is 29.2 Å². The lowest BCUT2D eigenvalue weighted by Gasteiger charge is -2.08. The smallest absolute Gasteiger partial charge is 0.355 e. The summed E-state index contributed by atoms with van der Waals surface area (Å²) in [5.74, 6) is -1.91. The first-order valence-electron chi connectivity index (χ1n) is 4.83. The van der Waals surface area contributed by atoms with E-state index in [0.717, 1.165) is 12.3 Å². The van der Waals surface area contributed by atoms with Crippen LogP contribution in [0.3, 0.4) is 0 Å². The van der Waals surface area contributed by atoms with Crippen LogP contribution < -0.4 is 0 Å². The number of carboxylic acids is 1. The lowest BCUT2D eigenvalue weighted by atomic mass is 10.0. The second-order valence-corrected chi connectivity index (χ2v) is 4.32. The summed E-state index contributed by atoms with van der Waals surface area (Å²) in [5, 5.41) is 9.66. The fraction of sp³-hybridized carbons (Fsp3) is 0. The highest BCUT2D eigenvalue weighted by molar-refractivity contribution is 6.35. The molecule has 0 aliphatic carbocycles. The average molecular weight is 286 g/mol. The number of carbonyl (C=O) groups is 1. The van der Waals surface area contributed by atoms with Gasteiger partial charge in [-0.2, -0.15) is 0 Å². The molecule has 2 rings (SSSR count). The van der Waals surface area contributed by atoms with Gasteiger partial charge in [0.1, 0.15) is 5.82 Å². The average Bonchev–Trinajstić information content (AvgIpc) is 2.31. The Kier molecular flexibility index (Phi) is 3.50. The first kappa shape index (κ1) is 12.8. The number of carboxylic acid groups (broad SMARTS) is 1. The summed E-state index contributed by atoms with van der Waals surface area (Å²) in [7, 11) is 0. The number of hydrogen-bond donors (Lipinski definition) is 1. The molecule has 1 aromatic carbocycles. The van der Waals surface area contributed by atoms with Crippen LogP contribution in [0, 0.1) is 5.82 Å². The van der Waals surface area contributed by atoms with Crippen molar-refractivity contribution in [3.05, 3.63) is 52.0 Å². The monoisotopic (exact) mass is 285 g/mol. The molecule has 0 bridgehead atoms. The van der Waals surface area contributed by atoms with Crippen molar-refractivity contribution in [3.63, 3.8) is 0 Å². The largest absolute Gasteiger partial charge is 0.476 e. The molecule has 92 valence electrons. The molecule has 0 atom stereocenters. The number of halogens is 3. The molecule has 0 spiro atoms. The van der Waals surface area contributed by atoms with Gasteiger partial charge in [0.25, 0.3) is 0 Å². The van der Waals surface area contributed by atoms with E-state index in [1.54, 1.807) is 6.07 Å². The molecule has 0 saturated carbocycles. The van der Waals surface area contributed by atoms with Gasteiger partial charge in [0, 0.05) is 21.2 Å². The Labute approximate surface area is 112 Å². The molecule has 1 N–H and O–H groups in total. The molecule has 3 nitrogen and oxygen atoms in total. The van der Waals surface area contributed by atoms with Crippen molar-refractivity contribution in [2.24, 2.45) is 0 Å². The van der Waals surface area contributed by atoms with Crippen LogP contribution in [0.4, 0.5) is 4.39 Å². The zero-order valence-corrected chi connectivity index (χ0v) is 10.3. The molecule has 0 radical (unpaired) electrons. The Morgan fingerprint density at radius 1 is 1.22 bits per heavy atom. The van der Waals surface area contributed by atoms with Gasteiger partial charge in [-0.1, -0.05) is 23.2 Å². The number of pyridine rings is 1. The summed E-state index contributed by atoms with van der Waals surface area (Å²) in [4.78, 5) is 14.6. The highest BCUT2D eigenvalue weighted by atomic mass is 35.5. The van der Waals surface area contributed by atoms with Crippen LogP contribution in [0.2, 0.25) is 10.0 Å². The molecule has 0 aliphatic rings. The van der Waals surface area contributed by atoms with Crippen LogP contribution in [0.25, 0.3) is 11.1 Å². The fourth-order valence-electron chi connectivity index (χ4n) is 1.52. The number of rotatable bonds is 2. The number of benzene rings is 1. The number of nitrogens with zero attached hydrogens (tertiary/aromatic N) is 1. The molecule has 18 heavy (non-hydrogen) atoms. The van der Waals surface area contributed by atoms with Crippen LogP contribution >= 0.6 is 23.2 Å². The van der Waals surface area contributed by atoms with Crippen LogP contribution in [-0.4, -0.2) is 16.1 Å². The maximum atomic E-state index is 13.2. The molecule has 0 aliphatic heterocycles. The Morgan fingerprint density at radius 2 is 1.94 bits per heavy atom. The van der Waals surface area contributed by atoms with Crippen LogP contribution in [-0.2, 0) is 0 Å².